The van der Waals surface area contributed by atoms with E-state index in [2.05, 4.69) is 9.88 Å². The third-order valence-corrected chi connectivity index (χ3v) is 3.03. The van der Waals surface area contributed by atoms with Gasteiger partial charge in [0.1, 0.15) is 0 Å². The Hall–Kier alpha value is -1.42. The minimum Gasteiger partial charge on any atom is -0.481 e. The number of pyridine rings is 1. The Labute approximate surface area is 94.9 Å². The van der Waals surface area contributed by atoms with Gasteiger partial charge in [0, 0.05) is 31.4 Å². The highest BCUT2D eigenvalue weighted by Gasteiger charge is 2.27. The molecule has 4 nitrogen and oxygen atoms in total. The monoisotopic (exact) mass is 220 g/mol. The van der Waals surface area contributed by atoms with Crippen molar-refractivity contribution in [1.82, 2.24) is 9.88 Å². The summed E-state index contributed by atoms with van der Waals surface area (Å²) in [5.41, 5.74) is 1.07. The quantitative estimate of drug-likeness (QED) is 0.823. The first-order chi connectivity index (χ1) is 7.75. The predicted molar refractivity (Wildman–Crippen MR) is 60.1 cm³/mol. The molecule has 1 saturated heterocycles. The number of aromatic nitrogens is 1. The van der Waals surface area contributed by atoms with E-state index in [0.717, 1.165) is 31.6 Å². The number of aliphatic carboxylic acids is 1. The smallest absolute Gasteiger partial charge is 0.307 e. The maximum Gasteiger partial charge on any atom is 0.307 e. The molecule has 4 heteroatoms. The number of nitrogens with zero attached hydrogens (tertiary/aromatic N) is 2. The second-order valence-corrected chi connectivity index (χ2v) is 4.20. The summed E-state index contributed by atoms with van der Waals surface area (Å²) in [4.78, 5) is 17.2. The molecule has 0 bridgehead atoms. The van der Waals surface area contributed by atoms with Crippen molar-refractivity contribution in [2.75, 3.05) is 19.6 Å². The van der Waals surface area contributed by atoms with E-state index in [-0.39, 0.29) is 5.92 Å². The summed E-state index contributed by atoms with van der Waals surface area (Å²) in [7, 11) is 0. The zero-order valence-corrected chi connectivity index (χ0v) is 9.17. The minimum atomic E-state index is -0.666. The topological polar surface area (TPSA) is 53.4 Å². The Morgan fingerprint density at radius 3 is 3.06 bits per heavy atom. The highest BCUT2D eigenvalue weighted by molar-refractivity contribution is 5.70. The molecule has 86 valence electrons. The number of carboxylic acid groups (broad SMARTS) is 1. The van der Waals surface area contributed by atoms with Gasteiger partial charge in [0.2, 0.25) is 0 Å². The molecule has 2 heterocycles. The van der Waals surface area contributed by atoms with Crippen LogP contribution in [-0.2, 0) is 11.2 Å². The zero-order chi connectivity index (χ0) is 11.4. The molecular formula is C12H16N2O2. The maximum atomic E-state index is 10.8. The van der Waals surface area contributed by atoms with Gasteiger partial charge >= 0.3 is 5.97 Å². The van der Waals surface area contributed by atoms with E-state index in [1.807, 2.05) is 18.2 Å². The van der Waals surface area contributed by atoms with Gasteiger partial charge in [0.25, 0.3) is 0 Å². The molecule has 1 unspecified atom stereocenters. The van der Waals surface area contributed by atoms with Gasteiger partial charge in [-0.1, -0.05) is 6.07 Å². The normalized spacial score (nSPS) is 21.1. The standard InChI is InChI=1S/C12H16N2O2/c15-12(16)10-4-7-14(9-10)8-5-11-3-1-2-6-13-11/h1-3,6,10H,4-5,7-9H2,(H,15,16). The molecule has 0 radical (unpaired) electrons. The lowest BCUT2D eigenvalue weighted by atomic mass is 10.1. The molecule has 1 aromatic rings. The second-order valence-electron chi connectivity index (χ2n) is 4.20. The number of hydrogen-bond acceptors (Lipinski definition) is 3. The van der Waals surface area contributed by atoms with Crippen molar-refractivity contribution < 1.29 is 9.90 Å². The molecule has 1 N–H and O–H groups in total. The summed E-state index contributed by atoms with van der Waals surface area (Å²) in [6.45, 7) is 2.48. The van der Waals surface area contributed by atoms with Crippen molar-refractivity contribution in [3.8, 4) is 0 Å². The molecule has 0 aliphatic carbocycles. The molecule has 1 aliphatic rings. The number of likely N-dealkylation sites (tertiary alicyclic amines) is 1. The molecule has 2 rings (SSSR count). The lowest BCUT2D eigenvalue weighted by molar-refractivity contribution is -0.141. The summed E-state index contributed by atoms with van der Waals surface area (Å²) in [5, 5.41) is 8.88. The van der Waals surface area contributed by atoms with Crippen LogP contribution < -0.4 is 0 Å². The number of rotatable bonds is 4. The molecule has 0 spiro atoms. The van der Waals surface area contributed by atoms with Crippen LogP contribution in [0.4, 0.5) is 0 Å². The van der Waals surface area contributed by atoms with Gasteiger partial charge in [-0.15, -0.1) is 0 Å². The molecular weight excluding hydrogens is 204 g/mol. The van der Waals surface area contributed by atoms with Crippen LogP contribution in [-0.4, -0.2) is 40.6 Å². The maximum absolute atomic E-state index is 10.8. The van der Waals surface area contributed by atoms with Gasteiger partial charge < -0.3 is 10.0 Å². The second kappa shape index (κ2) is 5.07. The molecule has 0 amide bonds. The molecule has 16 heavy (non-hydrogen) atoms. The van der Waals surface area contributed by atoms with Crippen LogP contribution in [0, 0.1) is 5.92 Å². The summed E-state index contributed by atoms with van der Waals surface area (Å²) >= 11 is 0. The highest BCUT2D eigenvalue weighted by atomic mass is 16.4. The van der Waals surface area contributed by atoms with Crippen LogP contribution in [0.2, 0.25) is 0 Å². The Kier molecular flexibility index (Phi) is 3.51. The predicted octanol–water partition coefficient (Wildman–Crippen LogP) is 1.03. The Morgan fingerprint density at radius 1 is 1.56 bits per heavy atom. The van der Waals surface area contributed by atoms with Crippen LogP contribution in [0.25, 0.3) is 0 Å². The lowest BCUT2D eigenvalue weighted by Gasteiger charge is -2.14. The largest absolute Gasteiger partial charge is 0.481 e. The molecule has 0 saturated carbocycles. The lowest BCUT2D eigenvalue weighted by Crippen LogP contribution is -2.25. The Bertz CT molecular complexity index is 353. The van der Waals surface area contributed by atoms with Crippen molar-refractivity contribution >= 4 is 5.97 Å². The van der Waals surface area contributed by atoms with E-state index in [0.29, 0.717) is 6.54 Å². The number of carboxylic acids is 1. The van der Waals surface area contributed by atoms with Crippen LogP contribution >= 0.6 is 0 Å². The average Bonchev–Trinajstić information content (AvgIpc) is 2.76. The number of hydrogen-bond donors (Lipinski definition) is 1. The fourth-order valence-electron chi connectivity index (χ4n) is 2.06. The van der Waals surface area contributed by atoms with Gasteiger partial charge in [0.15, 0.2) is 0 Å². The van der Waals surface area contributed by atoms with Gasteiger partial charge in [-0.25, -0.2) is 0 Å². The van der Waals surface area contributed by atoms with Crippen molar-refractivity contribution in [2.45, 2.75) is 12.8 Å². The van der Waals surface area contributed by atoms with E-state index in [9.17, 15) is 4.79 Å². The first-order valence-electron chi connectivity index (χ1n) is 5.61. The van der Waals surface area contributed by atoms with Crippen LogP contribution in [0.5, 0.6) is 0 Å². The van der Waals surface area contributed by atoms with Crippen LogP contribution in [0.15, 0.2) is 24.4 Å². The summed E-state index contributed by atoms with van der Waals surface area (Å²) in [5.74, 6) is -0.843. The first kappa shape index (κ1) is 11.1. The van der Waals surface area contributed by atoms with E-state index in [4.69, 9.17) is 5.11 Å². The average molecular weight is 220 g/mol. The molecule has 1 aromatic heterocycles. The van der Waals surface area contributed by atoms with Crippen molar-refractivity contribution in [3.05, 3.63) is 30.1 Å². The Balaban J connectivity index is 1.78. The van der Waals surface area contributed by atoms with Gasteiger partial charge in [-0.3, -0.25) is 9.78 Å². The zero-order valence-electron chi connectivity index (χ0n) is 9.17. The van der Waals surface area contributed by atoms with Gasteiger partial charge in [-0.05, 0) is 25.1 Å². The first-order valence-corrected chi connectivity index (χ1v) is 5.61. The van der Waals surface area contributed by atoms with Crippen molar-refractivity contribution in [2.24, 2.45) is 5.92 Å². The van der Waals surface area contributed by atoms with E-state index < -0.39 is 5.97 Å². The molecule has 1 fully saturated rings. The number of carbonyl (C=O) groups is 1. The summed E-state index contributed by atoms with van der Waals surface area (Å²) < 4.78 is 0. The fraction of sp³-hybridized carbons (Fsp3) is 0.500. The fourth-order valence-corrected chi connectivity index (χ4v) is 2.06. The van der Waals surface area contributed by atoms with Gasteiger partial charge in [0.05, 0.1) is 5.92 Å². The van der Waals surface area contributed by atoms with Crippen molar-refractivity contribution in [1.29, 1.82) is 0 Å². The van der Waals surface area contributed by atoms with Gasteiger partial charge in [-0.2, -0.15) is 0 Å². The van der Waals surface area contributed by atoms with Crippen LogP contribution in [0.3, 0.4) is 0 Å². The van der Waals surface area contributed by atoms with E-state index >= 15 is 0 Å². The highest BCUT2D eigenvalue weighted by Crippen LogP contribution is 2.16. The summed E-state index contributed by atoms with van der Waals surface area (Å²) in [6, 6.07) is 5.89. The Morgan fingerprint density at radius 2 is 2.44 bits per heavy atom. The molecule has 1 atom stereocenters. The third-order valence-electron chi connectivity index (χ3n) is 3.03. The van der Waals surface area contributed by atoms with Crippen LogP contribution in [0.1, 0.15) is 12.1 Å². The van der Waals surface area contributed by atoms with E-state index in [1.165, 1.54) is 0 Å². The minimum absolute atomic E-state index is 0.177. The third kappa shape index (κ3) is 2.79. The van der Waals surface area contributed by atoms with Crippen molar-refractivity contribution in [3.63, 3.8) is 0 Å². The van der Waals surface area contributed by atoms with E-state index in [1.54, 1.807) is 6.20 Å². The summed E-state index contributed by atoms with van der Waals surface area (Å²) in [6.07, 6.45) is 3.46. The SMILES string of the molecule is O=C(O)C1CCN(CCc2ccccn2)C1. The molecule has 1 aliphatic heterocycles. The molecule has 0 aromatic carbocycles.